The first-order chi connectivity index (χ1) is 21.2. The summed E-state index contributed by atoms with van der Waals surface area (Å²) < 4.78 is 165. The zero-order valence-electron chi connectivity index (χ0n) is 22.1. The molecule has 0 amide bonds. The average Bonchev–Trinajstić information content (AvgIpc) is 3.28. The van der Waals surface area contributed by atoms with Crippen LogP contribution >= 0.6 is 0 Å². The first-order valence-electron chi connectivity index (χ1n) is 12.4. The zero-order chi connectivity index (χ0) is 34.0. The molecular formula is C30H10F12N4. The predicted octanol–water partition coefficient (Wildman–Crippen LogP) is 10.1. The van der Waals surface area contributed by atoms with Gasteiger partial charge in [-0.25, -0.2) is 20.1 Å². The number of alkyl halides is 12. The van der Waals surface area contributed by atoms with Crippen molar-refractivity contribution in [2.45, 2.75) is 24.7 Å². The Labute approximate surface area is 249 Å². The molecule has 0 aliphatic heterocycles. The van der Waals surface area contributed by atoms with E-state index in [2.05, 4.69) is 14.8 Å². The number of nitrogens with zero attached hydrogens (tertiary/aromatic N) is 4. The van der Waals surface area contributed by atoms with E-state index in [0.29, 0.717) is 0 Å². The Morgan fingerprint density at radius 1 is 0.565 bits per heavy atom. The largest absolute Gasteiger partial charge is 0.416 e. The van der Waals surface area contributed by atoms with Crippen molar-refractivity contribution in [1.29, 1.82) is 5.26 Å². The maximum atomic E-state index is 13.8. The van der Waals surface area contributed by atoms with Gasteiger partial charge in [-0.1, -0.05) is 24.3 Å². The third-order valence-corrected chi connectivity index (χ3v) is 6.76. The van der Waals surface area contributed by atoms with Crippen LogP contribution in [0.25, 0.3) is 44.2 Å². The maximum absolute atomic E-state index is 13.8. The molecule has 0 atom stereocenters. The van der Waals surface area contributed by atoms with Crippen molar-refractivity contribution in [3.05, 3.63) is 111 Å². The summed E-state index contributed by atoms with van der Waals surface area (Å²) in [7, 11) is 0. The molecule has 0 N–H and O–H groups in total. The summed E-state index contributed by atoms with van der Waals surface area (Å²) in [4.78, 5) is 11.4. The molecule has 0 unspecified atom stereocenters. The highest BCUT2D eigenvalue weighted by atomic mass is 19.4. The van der Waals surface area contributed by atoms with E-state index in [9.17, 15) is 57.9 Å². The lowest BCUT2D eigenvalue weighted by molar-refractivity contribution is -0.144. The number of nitriles is 1. The van der Waals surface area contributed by atoms with Crippen LogP contribution in [0.15, 0.2) is 66.4 Å². The minimum atomic E-state index is -5.39. The molecule has 0 fully saturated rings. The minimum Gasteiger partial charge on any atom is -0.244 e. The van der Waals surface area contributed by atoms with Crippen LogP contribution in [0.1, 0.15) is 33.5 Å². The van der Waals surface area contributed by atoms with Gasteiger partial charge in [0.1, 0.15) is 0 Å². The van der Waals surface area contributed by atoms with Crippen molar-refractivity contribution in [1.82, 2.24) is 9.97 Å². The molecule has 16 heteroatoms. The van der Waals surface area contributed by atoms with Crippen molar-refractivity contribution in [3.63, 3.8) is 0 Å². The second-order valence-electron chi connectivity index (χ2n) is 9.70. The van der Waals surface area contributed by atoms with Gasteiger partial charge in [-0.3, -0.25) is 0 Å². The summed E-state index contributed by atoms with van der Waals surface area (Å²) in [6, 6.07) is 7.50. The van der Waals surface area contributed by atoms with Gasteiger partial charge in [0, 0.05) is 22.3 Å². The normalized spacial score (nSPS) is 14.3. The Morgan fingerprint density at radius 3 is 1.28 bits per heavy atom. The monoisotopic (exact) mass is 654 g/mol. The number of hydrogen-bond donors (Lipinski definition) is 0. The van der Waals surface area contributed by atoms with Gasteiger partial charge in [0.25, 0.3) is 5.70 Å². The summed E-state index contributed by atoms with van der Waals surface area (Å²) >= 11 is 0. The van der Waals surface area contributed by atoms with Crippen molar-refractivity contribution in [2.75, 3.05) is 0 Å². The van der Waals surface area contributed by atoms with E-state index < -0.39 is 80.9 Å². The van der Waals surface area contributed by atoms with Gasteiger partial charge >= 0.3 is 24.7 Å². The number of fused-ring (bicyclic) bond motifs is 3. The van der Waals surface area contributed by atoms with E-state index in [1.807, 2.05) is 0 Å². The van der Waals surface area contributed by atoms with Crippen LogP contribution in [0.5, 0.6) is 0 Å². The van der Waals surface area contributed by atoms with Gasteiger partial charge in [0.05, 0.1) is 57.7 Å². The summed E-state index contributed by atoms with van der Waals surface area (Å²) in [5.74, 6) is 0. The van der Waals surface area contributed by atoms with E-state index in [0.717, 1.165) is 0 Å². The summed E-state index contributed by atoms with van der Waals surface area (Å²) in [6.07, 6.45) is -21.5. The lowest BCUT2D eigenvalue weighted by Crippen LogP contribution is -2.12. The molecule has 0 saturated heterocycles. The number of allylic oxidation sites excluding steroid dienone is 1. The molecule has 1 aliphatic carbocycles. The highest BCUT2D eigenvalue weighted by Crippen LogP contribution is 2.48. The highest BCUT2D eigenvalue weighted by molar-refractivity contribution is 6.02. The van der Waals surface area contributed by atoms with Crippen LogP contribution in [-0.4, -0.2) is 9.97 Å². The molecule has 0 radical (unpaired) electrons. The van der Waals surface area contributed by atoms with Crippen molar-refractivity contribution >= 4 is 5.57 Å². The topological polar surface area (TPSA) is 53.9 Å². The molecule has 0 bridgehead atoms. The molecular weight excluding hydrogens is 644 g/mol. The maximum Gasteiger partial charge on any atom is 0.416 e. The SMILES string of the molecule is [C-]#[N+]/C(C#N)=C1\c2ccccc2-c2nc(-c3cc(C(F)(F)F)cc(C(F)(F)F)c3)c(-c3cc(C(F)(F)F)cc(C(F)(F)F)c3)nc21. The number of benzene rings is 3. The number of rotatable bonds is 2. The van der Waals surface area contributed by atoms with Gasteiger partial charge < -0.3 is 0 Å². The van der Waals surface area contributed by atoms with Crippen LogP contribution in [0.2, 0.25) is 0 Å². The lowest BCUT2D eigenvalue weighted by atomic mass is 9.96. The van der Waals surface area contributed by atoms with Gasteiger partial charge in [-0.2, -0.15) is 52.7 Å². The molecule has 0 saturated carbocycles. The van der Waals surface area contributed by atoms with Crippen molar-refractivity contribution < 1.29 is 52.7 Å². The third-order valence-electron chi connectivity index (χ3n) is 6.76. The summed E-state index contributed by atoms with van der Waals surface area (Å²) in [5, 5.41) is 9.59. The first-order valence-corrected chi connectivity index (χ1v) is 12.4. The molecule has 4 nitrogen and oxygen atoms in total. The van der Waals surface area contributed by atoms with E-state index >= 15 is 0 Å². The Kier molecular flexibility index (Phi) is 7.39. The Morgan fingerprint density at radius 2 is 0.935 bits per heavy atom. The van der Waals surface area contributed by atoms with E-state index in [1.165, 1.54) is 24.3 Å². The Balaban J connectivity index is 1.98. The lowest BCUT2D eigenvalue weighted by Gasteiger charge is -2.18. The van der Waals surface area contributed by atoms with Gasteiger partial charge in [-0.05, 0) is 42.0 Å². The zero-order valence-corrected chi connectivity index (χ0v) is 22.1. The molecule has 5 rings (SSSR count). The van der Waals surface area contributed by atoms with Crippen molar-refractivity contribution in [2.24, 2.45) is 0 Å². The fourth-order valence-corrected chi connectivity index (χ4v) is 4.79. The Bertz CT molecular complexity index is 1940. The number of halogens is 12. The quantitative estimate of drug-likeness (QED) is 0.108. The van der Waals surface area contributed by atoms with E-state index in [-0.39, 0.29) is 58.8 Å². The predicted molar refractivity (Wildman–Crippen MR) is 137 cm³/mol. The molecule has 0 spiro atoms. The molecule has 3 aromatic carbocycles. The highest BCUT2D eigenvalue weighted by Gasteiger charge is 2.40. The molecule has 1 heterocycles. The third kappa shape index (κ3) is 5.74. The van der Waals surface area contributed by atoms with E-state index in [1.54, 1.807) is 6.07 Å². The smallest absolute Gasteiger partial charge is 0.244 e. The average molecular weight is 654 g/mol. The van der Waals surface area contributed by atoms with E-state index in [4.69, 9.17) is 6.57 Å². The van der Waals surface area contributed by atoms with Crippen molar-refractivity contribution in [3.8, 4) is 39.8 Å². The van der Waals surface area contributed by atoms with Crippen LogP contribution in [0, 0.1) is 17.9 Å². The Hall–Kier alpha value is -5.38. The summed E-state index contributed by atoms with van der Waals surface area (Å²) in [5.41, 5.74) is -12.7. The first kappa shape index (κ1) is 32.0. The fraction of sp³-hybridized carbons (Fsp3) is 0.133. The van der Waals surface area contributed by atoms with Crippen LogP contribution in [0.4, 0.5) is 52.7 Å². The standard InChI is InChI=1S/C30H10F12N4/c1-44-21(12-43)22-19-4-2-3-5-20(19)25-26(22)46-24(14-8-17(29(37,38)39)11-18(9-14)30(40,41)42)23(45-25)13-6-15(27(31,32)33)10-16(7-13)28(34,35)36/h2-11H/b22-21+. The second-order valence-corrected chi connectivity index (χ2v) is 9.70. The van der Waals surface area contributed by atoms with Crippen LogP contribution in [0.3, 0.4) is 0 Å². The van der Waals surface area contributed by atoms with Gasteiger partial charge in [-0.15, -0.1) is 0 Å². The number of hydrogen-bond acceptors (Lipinski definition) is 3. The van der Waals surface area contributed by atoms with Crippen LogP contribution in [-0.2, 0) is 24.7 Å². The second kappa shape index (κ2) is 10.6. The molecule has 4 aromatic rings. The minimum absolute atomic E-state index is 0.0900. The molecule has 234 valence electrons. The summed E-state index contributed by atoms with van der Waals surface area (Å²) in [6.45, 7) is 7.39. The molecule has 1 aromatic heterocycles. The molecule has 46 heavy (non-hydrogen) atoms. The molecule has 1 aliphatic rings. The van der Waals surface area contributed by atoms with Gasteiger partial charge in [0.15, 0.2) is 0 Å². The fourth-order valence-electron chi connectivity index (χ4n) is 4.79. The number of aromatic nitrogens is 2. The van der Waals surface area contributed by atoms with Gasteiger partial charge in [0.2, 0.25) is 0 Å². The van der Waals surface area contributed by atoms with Crippen LogP contribution < -0.4 is 0 Å².